The average Bonchev–Trinajstić information content (AvgIpc) is 2.23. The van der Waals surface area contributed by atoms with E-state index in [1.54, 1.807) is 0 Å². The van der Waals surface area contributed by atoms with Crippen molar-refractivity contribution in [2.45, 2.75) is 60.4 Å². The molecule has 0 aliphatic heterocycles. The Kier molecular flexibility index (Phi) is 4.71. The average molecular weight is 268 g/mol. The third kappa shape index (κ3) is 3.71. The van der Waals surface area contributed by atoms with Crippen molar-refractivity contribution in [3.63, 3.8) is 0 Å². The maximum absolute atomic E-state index is 12.7. The van der Waals surface area contributed by atoms with Crippen molar-refractivity contribution in [2.75, 3.05) is 13.6 Å². The summed E-state index contributed by atoms with van der Waals surface area (Å²) < 4.78 is 0. The second-order valence-corrected chi connectivity index (χ2v) is 8.16. The van der Waals surface area contributed by atoms with Crippen molar-refractivity contribution in [1.82, 2.24) is 4.90 Å². The fourth-order valence-corrected chi connectivity index (χ4v) is 3.35. The van der Waals surface area contributed by atoms with Crippen molar-refractivity contribution in [3.8, 4) is 0 Å². The highest BCUT2D eigenvalue weighted by Crippen LogP contribution is 2.45. The van der Waals surface area contributed by atoms with Gasteiger partial charge in [0.25, 0.3) is 0 Å². The van der Waals surface area contributed by atoms with Crippen LogP contribution < -0.4 is 5.73 Å². The molecule has 0 bridgehead atoms. The Morgan fingerprint density at radius 2 is 1.84 bits per heavy atom. The van der Waals surface area contributed by atoms with Crippen LogP contribution in [0.15, 0.2) is 0 Å². The van der Waals surface area contributed by atoms with Gasteiger partial charge in [-0.1, -0.05) is 41.5 Å². The number of hydrogen-bond donors (Lipinski definition) is 1. The molecule has 0 saturated heterocycles. The highest BCUT2D eigenvalue weighted by molar-refractivity contribution is 5.79. The summed E-state index contributed by atoms with van der Waals surface area (Å²) in [4.78, 5) is 14.6. The van der Waals surface area contributed by atoms with E-state index in [2.05, 4.69) is 41.5 Å². The number of amides is 1. The number of nitrogens with zero attached hydrogens (tertiary/aromatic N) is 1. The summed E-state index contributed by atoms with van der Waals surface area (Å²) in [6.07, 6.45) is 1.89. The number of hydrogen-bond acceptors (Lipinski definition) is 2. The van der Waals surface area contributed by atoms with Crippen molar-refractivity contribution in [3.05, 3.63) is 0 Å². The molecule has 0 aromatic rings. The topological polar surface area (TPSA) is 46.3 Å². The van der Waals surface area contributed by atoms with Crippen LogP contribution in [0.25, 0.3) is 0 Å². The second kappa shape index (κ2) is 5.43. The molecule has 1 aliphatic rings. The van der Waals surface area contributed by atoms with E-state index in [4.69, 9.17) is 5.73 Å². The molecule has 2 N–H and O–H groups in total. The molecule has 0 aromatic carbocycles. The van der Waals surface area contributed by atoms with Crippen LogP contribution in [-0.2, 0) is 4.79 Å². The van der Waals surface area contributed by atoms with Gasteiger partial charge in [-0.15, -0.1) is 0 Å². The number of carbonyl (C=O) groups excluding carboxylic acids is 1. The van der Waals surface area contributed by atoms with E-state index in [0.717, 1.165) is 19.4 Å². The second-order valence-electron chi connectivity index (χ2n) is 8.16. The van der Waals surface area contributed by atoms with Gasteiger partial charge in [0.1, 0.15) is 0 Å². The van der Waals surface area contributed by atoms with Crippen molar-refractivity contribution >= 4 is 5.91 Å². The third-order valence-electron chi connectivity index (χ3n) is 4.89. The van der Waals surface area contributed by atoms with E-state index in [1.165, 1.54) is 0 Å². The Morgan fingerprint density at radius 1 is 1.32 bits per heavy atom. The first-order chi connectivity index (χ1) is 8.47. The van der Waals surface area contributed by atoms with Crippen molar-refractivity contribution in [1.29, 1.82) is 0 Å². The van der Waals surface area contributed by atoms with Crippen LogP contribution in [0, 0.1) is 22.7 Å². The minimum absolute atomic E-state index is 0.0130. The molecule has 0 aromatic heterocycles. The molecule has 1 aliphatic carbocycles. The van der Waals surface area contributed by atoms with Crippen LogP contribution in [0.5, 0.6) is 0 Å². The molecular weight excluding hydrogens is 236 g/mol. The smallest absolute Gasteiger partial charge is 0.225 e. The zero-order chi connectivity index (χ0) is 15.0. The van der Waals surface area contributed by atoms with E-state index in [-0.39, 0.29) is 22.8 Å². The lowest BCUT2D eigenvalue weighted by Crippen LogP contribution is -2.52. The first-order valence-electron chi connectivity index (χ1n) is 7.47. The van der Waals surface area contributed by atoms with Gasteiger partial charge in [0.05, 0.1) is 0 Å². The summed E-state index contributed by atoms with van der Waals surface area (Å²) in [6, 6.07) is 0.229. The van der Waals surface area contributed by atoms with Crippen LogP contribution in [-0.4, -0.2) is 30.4 Å². The Morgan fingerprint density at radius 3 is 2.32 bits per heavy atom. The zero-order valence-corrected chi connectivity index (χ0v) is 13.8. The third-order valence-corrected chi connectivity index (χ3v) is 4.89. The molecular formula is C16H32N2O. The van der Waals surface area contributed by atoms with Gasteiger partial charge in [-0.3, -0.25) is 4.79 Å². The Hall–Kier alpha value is -0.570. The van der Waals surface area contributed by atoms with E-state index >= 15 is 0 Å². The molecule has 19 heavy (non-hydrogen) atoms. The van der Waals surface area contributed by atoms with Gasteiger partial charge in [-0.05, 0) is 29.6 Å². The zero-order valence-electron chi connectivity index (χ0n) is 13.8. The molecule has 0 radical (unpaired) electrons. The lowest BCUT2D eigenvalue weighted by molar-refractivity contribution is -0.143. The molecule has 3 heteroatoms. The monoisotopic (exact) mass is 268 g/mol. The Labute approximate surface area is 118 Å². The summed E-state index contributed by atoms with van der Waals surface area (Å²) in [5.74, 6) is 0.784. The Bertz CT molecular complexity index is 330. The van der Waals surface area contributed by atoms with Crippen LogP contribution in [0.1, 0.15) is 54.4 Å². The number of nitrogens with two attached hydrogens (primary N) is 1. The fourth-order valence-electron chi connectivity index (χ4n) is 3.35. The highest BCUT2D eigenvalue weighted by atomic mass is 16.2. The summed E-state index contributed by atoms with van der Waals surface area (Å²) >= 11 is 0. The molecule has 1 amide bonds. The molecule has 3 unspecified atom stereocenters. The number of rotatable bonds is 2. The summed E-state index contributed by atoms with van der Waals surface area (Å²) in [5.41, 5.74) is 6.30. The van der Waals surface area contributed by atoms with E-state index in [1.807, 2.05) is 11.9 Å². The SMILES string of the molecule is CC1C(N)CCC(C(=O)N(C)CC(C)(C)C)C1(C)C. The molecule has 3 atom stereocenters. The van der Waals surface area contributed by atoms with Crippen LogP contribution >= 0.6 is 0 Å². The number of carbonyl (C=O) groups is 1. The highest BCUT2D eigenvalue weighted by Gasteiger charge is 2.45. The maximum atomic E-state index is 12.7. The normalized spacial score (nSPS) is 31.1. The standard InChI is InChI=1S/C16H32N2O/c1-11-13(17)9-8-12(16(11,5)6)14(19)18(7)10-15(2,3)4/h11-13H,8-10,17H2,1-7H3. The molecule has 0 spiro atoms. The van der Waals surface area contributed by atoms with Crippen LogP contribution in [0.2, 0.25) is 0 Å². The van der Waals surface area contributed by atoms with Gasteiger partial charge in [-0.2, -0.15) is 0 Å². The molecule has 1 saturated carbocycles. The summed E-state index contributed by atoms with van der Waals surface area (Å²) in [6.45, 7) is 13.9. The maximum Gasteiger partial charge on any atom is 0.225 e. The molecule has 3 nitrogen and oxygen atoms in total. The van der Waals surface area contributed by atoms with Crippen molar-refractivity contribution < 1.29 is 4.79 Å². The van der Waals surface area contributed by atoms with Crippen LogP contribution in [0.3, 0.4) is 0 Å². The van der Waals surface area contributed by atoms with E-state index in [9.17, 15) is 4.79 Å². The first-order valence-corrected chi connectivity index (χ1v) is 7.47. The molecule has 1 fully saturated rings. The van der Waals surface area contributed by atoms with Gasteiger partial charge in [-0.25, -0.2) is 0 Å². The van der Waals surface area contributed by atoms with Gasteiger partial charge in [0, 0.05) is 25.6 Å². The molecule has 112 valence electrons. The predicted octanol–water partition coefficient (Wildman–Crippen LogP) is 2.89. The lowest BCUT2D eigenvalue weighted by Gasteiger charge is -2.47. The van der Waals surface area contributed by atoms with Gasteiger partial charge < -0.3 is 10.6 Å². The quantitative estimate of drug-likeness (QED) is 0.837. The summed E-state index contributed by atoms with van der Waals surface area (Å²) in [5, 5.41) is 0. The van der Waals surface area contributed by atoms with Gasteiger partial charge >= 0.3 is 0 Å². The lowest BCUT2D eigenvalue weighted by atomic mass is 9.60. The predicted molar refractivity (Wildman–Crippen MR) is 80.7 cm³/mol. The molecule has 1 rings (SSSR count). The van der Waals surface area contributed by atoms with Gasteiger partial charge in [0.2, 0.25) is 5.91 Å². The largest absolute Gasteiger partial charge is 0.345 e. The van der Waals surface area contributed by atoms with E-state index in [0.29, 0.717) is 11.8 Å². The first kappa shape index (κ1) is 16.5. The fraction of sp³-hybridized carbons (Fsp3) is 0.938. The van der Waals surface area contributed by atoms with Gasteiger partial charge in [0.15, 0.2) is 0 Å². The minimum Gasteiger partial charge on any atom is -0.345 e. The minimum atomic E-state index is -0.0130. The van der Waals surface area contributed by atoms with Crippen LogP contribution in [0.4, 0.5) is 0 Å². The molecule has 0 heterocycles. The van der Waals surface area contributed by atoms with Crippen molar-refractivity contribution in [2.24, 2.45) is 28.4 Å². The summed E-state index contributed by atoms with van der Waals surface area (Å²) in [7, 11) is 1.93. The van der Waals surface area contributed by atoms with E-state index < -0.39 is 0 Å². The Balaban J connectivity index is 2.82.